The minimum Gasteiger partial charge on any atom is -0.391 e. The second-order valence-corrected chi connectivity index (χ2v) is 5.54. The zero-order valence-corrected chi connectivity index (χ0v) is 13.5. The summed E-state index contributed by atoms with van der Waals surface area (Å²) >= 11 is 0. The van der Waals surface area contributed by atoms with E-state index in [1.807, 2.05) is 6.92 Å². The van der Waals surface area contributed by atoms with Crippen molar-refractivity contribution in [2.45, 2.75) is 77.0 Å². The van der Waals surface area contributed by atoms with Gasteiger partial charge in [-0.05, 0) is 20.3 Å². The third-order valence-electron chi connectivity index (χ3n) is 3.33. The first-order valence-electron chi connectivity index (χ1n) is 7.40. The largest absolute Gasteiger partial charge is 0.391 e. The maximum atomic E-state index is 11.5. The van der Waals surface area contributed by atoms with Gasteiger partial charge in [0.2, 0.25) is 11.8 Å². The van der Waals surface area contributed by atoms with Crippen molar-refractivity contribution in [2.24, 2.45) is 0 Å². The molecule has 8 heteroatoms. The topological polar surface area (TPSA) is 139 Å². The van der Waals surface area contributed by atoms with Gasteiger partial charge in [-0.3, -0.25) is 9.59 Å². The number of hydrogen-bond donors (Lipinski definition) is 6. The van der Waals surface area contributed by atoms with Crippen molar-refractivity contribution in [3.63, 3.8) is 0 Å². The molecule has 0 heterocycles. The Hall–Kier alpha value is -1.22. The highest BCUT2D eigenvalue weighted by Gasteiger charge is 2.37. The fourth-order valence-electron chi connectivity index (χ4n) is 2.05. The molecule has 0 aliphatic heterocycles. The molecule has 0 saturated heterocycles. The fraction of sp³-hybridized carbons (Fsp3) is 0.857. The molecular weight excluding hydrogens is 292 g/mol. The molecule has 0 bridgehead atoms. The maximum Gasteiger partial charge on any atom is 0.220 e. The van der Waals surface area contributed by atoms with Gasteiger partial charge in [-0.15, -0.1) is 0 Å². The summed E-state index contributed by atoms with van der Waals surface area (Å²) < 4.78 is 0. The Kier molecular flexibility index (Phi) is 9.19. The number of rotatable bonds is 9. The smallest absolute Gasteiger partial charge is 0.220 e. The standard InChI is InChI=1S/C14H28N2O6/c1-5-6-10(19)15-7(2)12(20)14(22)11(16-9(4)18)13(21)8(3)17/h7-8,11-14,17,20-22H,5-6H2,1-4H3,(H,15,19)(H,16,18). The maximum absolute atomic E-state index is 11.5. The summed E-state index contributed by atoms with van der Waals surface area (Å²) in [6, 6.07) is -2.05. The van der Waals surface area contributed by atoms with Crippen molar-refractivity contribution in [1.82, 2.24) is 10.6 Å². The van der Waals surface area contributed by atoms with E-state index in [1.54, 1.807) is 0 Å². The van der Waals surface area contributed by atoms with E-state index in [9.17, 15) is 30.0 Å². The Morgan fingerprint density at radius 2 is 1.50 bits per heavy atom. The molecule has 6 N–H and O–H groups in total. The van der Waals surface area contributed by atoms with Crippen LogP contribution in [0.5, 0.6) is 0 Å². The lowest BCUT2D eigenvalue weighted by molar-refractivity contribution is -0.129. The van der Waals surface area contributed by atoms with Crippen molar-refractivity contribution in [1.29, 1.82) is 0 Å². The van der Waals surface area contributed by atoms with Crippen LogP contribution in [0.25, 0.3) is 0 Å². The van der Waals surface area contributed by atoms with E-state index < -0.39 is 42.4 Å². The Morgan fingerprint density at radius 3 is 1.91 bits per heavy atom. The van der Waals surface area contributed by atoms with E-state index in [1.165, 1.54) is 20.8 Å². The highest BCUT2D eigenvalue weighted by Crippen LogP contribution is 2.11. The summed E-state index contributed by atoms with van der Waals surface area (Å²) in [5.41, 5.74) is 0. The van der Waals surface area contributed by atoms with E-state index in [0.29, 0.717) is 12.8 Å². The van der Waals surface area contributed by atoms with Gasteiger partial charge >= 0.3 is 0 Å². The normalized spacial score (nSPS) is 19.5. The number of amides is 2. The number of hydrogen-bond acceptors (Lipinski definition) is 6. The van der Waals surface area contributed by atoms with Crippen LogP contribution in [-0.4, -0.2) is 68.7 Å². The summed E-state index contributed by atoms with van der Waals surface area (Å²) in [6.07, 6.45) is -4.74. The van der Waals surface area contributed by atoms with E-state index in [0.717, 1.165) is 0 Å². The molecule has 6 unspecified atom stereocenters. The molecule has 0 aromatic heterocycles. The van der Waals surface area contributed by atoms with Crippen LogP contribution in [-0.2, 0) is 9.59 Å². The molecule has 6 atom stereocenters. The summed E-state index contributed by atoms with van der Waals surface area (Å²) in [5.74, 6) is -0.799. The van der Waals surface area contributed by atoms with E-state index in [4.69, 9.17) is 0 Å². The molecule has 0 aliphatic carbocycles. The monoisotopic (exact) mass is 320 g/mol. The van der Waals surface area contributed by atoms with Gasteiger partial charge in [-0.1, -0.05) is 6.92 Å². The van der Waals surface area contributed by atoms with Crippen LogP contribution in [0.3, 0.4) is 0 Å². The molecule has 2 amide bonds. The van der Waals surface area contributed by atoms with Crippen LogP contribution < -0.4 is 10.6 Å². The van der Waals surface area contributed by atoms with Gasteiger partial charge in [0.25, 0.3) is 0 Å². The lowest BCUT2D eigenvalue weighted by atomic mass is 9.93. The van der Waals surface area contributed by atoms with E-state index in [2.05, 4.69) is 10.6 Å². The highest BCUT2D eigenvalue weighted by molar-refractivity contribution is 5.76. The van der Waals surface area contributed by atoms with Gasteiger partial charge < -0.3 is 31.1 Å². The summed E-state index contributed by atoms with van der Waals surface area (Å²) in [6.45, 7) is 5.82. The van der Waals surface area contributed by atoms with Crippen molar-refractivity contribution >= 4 is 11.8 Å². The predicted molar refractivity (Wildman–Crippen MR) is 79.8 cm³/mol. The molecule has 0 spiro atoms. The number of carbonyl (C=O) groups excluding carboxylic acids is 2. The molecule has 0 saturated carbocycles. The average Bonchev–Trinajstić information content (AvgIpc) is 2.42. The summed E-state index contributed by atoms with van der Waals surface area (Å²) in [4.78, 5) is 22.7. The predicted octanol–water partition coefficient (Wildman–Crippen LogP) is -1.74. The van der Waals surface area contributed by atoms with Crippen molar-refractivity contribution in [3.05, 3.63) is 0 Å². The van der Waals surface area contributed by atoms with Crippen LogP contribution in [0, 0.1) is 0 Å². The molecule has 0 radical (unpaired) electrons. The van der Waals surface area contributed by atoms with Gasteiger partial charge in [-0.2, -0.15) is 0 Å². The SMILES string of the molecule is CCCC(=O)NC(C)C(O)C(O)C(NC(C)=O)C(O)C(C)O. The Bertz CT molecular complexity index is 363. The Labute approximate surface area is 130 Å². The zero-order chi connectivity index (χ0) is 17.4. The van der Waals surface area contributed by atoms with Gasteiger partial charge in [0.15, 0.2) is 0 Å². The number of aliphatic hydroxyl groups is 4. The lowest BCUT2D eigenvalue weighted by Crippen LogP contribution is -2.60. The van der Waals surface area contributed by atoms with Gasteiger partial charge in [0.1, 0.15) is 18.3 Å². The second kappa shape index (κ2) is 9.73. The molecule has 0 fully saturated rings. The molecular formula is C14H28N2O6. The van der Waals surface area contributed by atoms with Crippen molar-refractivity contribution in [2.75, 3.05) is 0 Å². The fourth-order valence-corrected chi connectivity index (χ4v) is 2.05. The molecule has 22 heavy (non-hydrogen) atoms. The Morgan fingerprint density at radius 1 is 0.955 bits per heavy atom. The van der Waals surface area contributed by atoms with Gasteiger partial charge in [0.05, 0.1) is 18.2 Å². The zero-order valence-electron chi connectivity index (χ0n) is 13.5. The van der Waals surface area contributed by atoms with Crippen LogP contribution in [0.1, 0.15) is 40.5 Å². The minimum absolute atomic E-state index is 0.270. The minimum atomic E-state index is -1.56. The quantitative estimate of drug-likeness (QED) is 0.298. The van der Waals surface area contributed by atoms with E-state index >= 15 is 0 Å². The van der Waals surface area contributed by atoms with Crippen LogP contribution in [0.15, 0.2) is 0 Å². The van der Waals surface area contributed by atoms with Crippen LogP contribution in [0.2, 0.25) is 0 Å². The summed E-state index contributed by atoms with van der Waals surface area (Å²) in [5, 5.41) is 44.4. The van der Waals surface area contributed by atoms with Crippen molar-refractivity contribution < 1.29 is 30.0 Å². The summed E-state index contributed by atoms with van der Waals surface area (Å²) in [7, 11) is 0. The van der Waals surface area contributed by atoms with Crippen molar-refractivity contribution in [3.8, 4) is 0 Å². The molecule has 0 aromatic rings. The molecule has 0 aliphatic rings. The molecule has 0 rings (SSSR count). The Balaban J connectivity index is 4.92. The second-order valence-electron chi connectivity index (χ2n) is 5.54. The van der Waals surface area contributed by atoms with Crippen LogP contribution in [0.4, 0.5) is 0 Å². The van der Waals surface area contributed by atoms with Gasteiger partial charge in [-0.25, -0.2) is 0 Å². The van der Waals surface area contributed by atoms with Gasteiger partial charge in [0, 0.05) is 13.3 Å². The molecule has 8 nitrogen and oxygen atoms in total. The first-order chi connectivity index (χ1) is 10.1. The number of carbonyl (C=O) groups is 2. The van der Waals surface area contributed by atoms with Crippen LogP contribution >= 0.6 is 0 Å². The lowest BCUT2D eigenvalue weighted by Gasteiger charge is -2.34. The number of aliphatic hydroxyl groups excluding tert-OH is 4. The third kappa shape index (κ3) is 6.69. The molecule has 0 aromatic carbocycles. The number of nitrogens with one attached hydrogen (secondary N) is 2. The average molecular weight is 320 g/mol. The van der Waals surface area contributed by atoms with E-state index in [-0.39, 0.29) is 5.91 Å². The molecule has 130 valence electrons. The first kappa shape index (κ1) is 20.8. The first-order valence-corrected chi connectivity index (χ1v) is 7.40. The third-order valence-corrected chi connectivity index (χ3v) is 3.33. The highest BCUT2D eigenvalue weighted by atomic mass is 16.3.